The fraction of sp³-hybridized carbons (Fsp3) is 0.462. The van der Waals surface area contributed by atoms with Gasteiger partial charge in [-0.25, -0.2) is 4.98 Å². The number of carbonyl (C=O) groups is 1. The number of imidazole rings is 1. The zero-order chi connectivity index (χ0) is 13.9. The van der Waals surface area contributed by atoms with Crippen LogP contribution in [0.2, 0.25) is 0 Å². The molecule has 0 aromatic carbocycles. The highest BCUT2D eigenvalue weighted by atomic mass is 16.2. The first-order chi connectivity index (χ1) is 9.70. The minimum atomic E-state index is 0.0188. The highest BCUT2D eigenvalue weighted by Crippen LogP contribution is 2.18. The van der Waals surface area contributed by atoms with Crippen LogP contribution in [0, 0.1) is 6.92 Å². The zero-order valence-electron chi connectivity index (χ0n) is 11.4. The van der Waals surface area contributed by atoms with Crippen LogP contribution >= 0.6 is 0 Å². The number of hydrogen-bond donors (Lipinski definition) is 3. The third kappa shape index (κ3) is 3.17. The number of aromatic amines is 1. The fourth-order valence-electron chi connectivity index (χ4n) is 1.94. The second-order valence-electron chi connectivity index (χ2n) is 5.10. The highest BCUT2D eigenvalue weighted by Gasteiger charge is 2.23. The Hall–Kier alpha value is -2.31. The maximum atomic E-state index is 11.7. The summed E-state index contributed by atoms with van der Waals surface area (Å²) in [6.45, 7) is 2.88. The Morgan fingerprint density at radius 2 is 2.40 bits per heavy atom. The number of nitrogens with zero attached hydrogens (tertiary/aromatic N) is 3. The maximum Gasteiger partial charge on any atom is 0.241 e. The lowest BCUT2D eigenvalue weighted by molar-refractivity contribution is -0.122. The first-order valence-electron chi connectivity index (χ1n) is 6.75. The second-order valence-corrected chi connectivity index (χ2v) is 5.10. The zero-order valence-corrected chi connectivity index (χ0v) is 11.4. The van der Waals surface area contributed by atoms with E-state index in [0.717, 1.165) is 29.9 Å². The molecule has 106 valence electrons. The predicted octanol–water partition coefficient (Wildman–Crippen LogP) is 0.805. The molecule has 0 unspecified atom stereocenters. The minimum Gasteiger partial charge on any atom is -0.377 e. The van der Waals surface area contributed by atoms with Gasteiger partial charge in [-0.15, -0.1) is 0 Å². The van der Waals surface area contributed by atoms with Crippen molar-refractivity contribution in [1.82, 2.24) is 25.1 Å². The molecule has 2 heterocycles. The van der Waals surface area contributed by atoms with Gasteiger partial charge < -0.3 is 15.6 Å². The van der Waals surface area contributed by atoms with Gasteiger partial charge in [-0.3, -0.25) is 9.48 Å². The Labute approximate surface area is 116 Å². The molecule has 1 fully saturated rings. The number of rotatable bonds is 6. The molecule has 0 atom stereocenters. The van der Waals surface area contributed by atoms with Crippen LogP contribution in [0.1, 0.15) is 24.2 Å². The van der Waals surface area contributed by atoms with E-state index in [1.54, 1.807) is 17.2 Å². The van der Waals surface area contributed by atoms with Crippen molar-refractivity contribution in [3.05, 3.63) is 30.1 Å². The minimum absolute atomic E-state index is 0.0188. The van der Waals surface area contributed by atoms with E-state index in [1.165, 1.54) is 0 Å². The van der Waals surface area contributed by atoms with Crippen LogP contribution in [-0.2, 0) is 17.9 Å². The fourth-order valence-corrected chi connectivity index (χ4v) is 1.94. The predicted molar refractivity (Wildman–Crippen MR) is 74.0 cm³/mol. The molecular formula is C13H18N6O. The average Bonchev–Trinajstić information content (AvgIpc) is 2.95. The molecule has 0 aliphatic heterocycles. The van der Waals surface area contributed by atoms with Crippen molar-refractivity contribution in [3.63, 3.8) is 0 Å². The lowest BCUT2D eigenvalue weighted by atomic mass is 10.3. The van der Waals surface area contributed by atoms with E-state index in [2.05, 4.69) is 25.7 Å². The largest absolute Gasteiger partial charge is 0.377 e. The third-order valence-corrected chi connectivity index (χ3v) is 3.28. The van der Waals surface area contributed by atoms with Crippen molar-refractivity contribution in [3.8, 4) is 0 Å². The molecule has 1 saturated carbocycles. The summed E-state index contributed by atoms with van der Waals surface area (Å²) >= 11 is 0. The van der Waals surface area contributed by atoms with Crippen LogP contribution in [0.15, 0.2) is 18.7 Å². The second kappa shape index (κ2) is 5.36. The van der Waals surface area contributed by atoms with Gasteiger partial charge in [0.1, 0.15) is 6.54 Å². The quantitative estimate of drug-likeness (QED) is 0.727. The number of aromatic nitrogens is 4. The van der Waals surface area contributed by atoms with Crippen molar-refractivity contribution in [2.45, 2.75) is 38.9 Å². The van der Waals surface area contributed by atoms with Crippen molar-refractivity contribution in [2.24, 2.45) is 0 Å². The van der Waals surface area contributed by atoms with Crippen molar-refractivity contribution >= 4 is 11.6 Å². The first-order valence-corrected chi connectivity index (χ1v) is 6.75. The Balaban J connectivity index is 1.51. The first kappa shape index (κ1) is 12.7. The molecule has 0 bridgehead atoms. The van der Waals surface area contributed by atoms with Crippen LogP contribution in [0.25, 0.3) is 0 Å². The maximum absolute atomic E-state index is 11.7. The molecule has 2 aromatic heterocycles. The van der Waals surface area contributed by atoms with Crippen molar-refractivity contribution < 1.29 is 4.79 Å². The van der Waals surface area contributed by atoms with Crippen LogP contribution in [0.3, 0.4) is 0 Å². The molecule has 1 aliphatic carbocycles. The number of aryl methyl sites for hydroxylation is 1. The summed E-state index contributed by atoms with van der Waals surface area (Å²) in [4.78, 5) is 18.9. The lowest BCUT2D eigenvalue weighted by Gasteiger charge is -2.03. The van der Waals surface area contributed by atoms with Gasteiger partial charge in [0.15, 0.2) is 0 Å². The molecule has 1 amide bonds. The van der Waals surface area contributed by atoms with Crippen LogP contribution < -0.4 is 10.6 Å². The van der Waals surface area contributed by atoms with Crippen LogP contribution in [0.4, 0.5) is 5.69 Å². The monoisotopic (exact) mass is 274 g/mol. The molecule has 7 nitrogen and oxygen atoms in total. The summed E-state index contributed by atoms with van der Waals surface area (Å²) in [6, 6.07) is 0.387. The molecular weight excluding hydrogens is 256 g/mol. The van der Waals surface area contributed by atoms with Gasteiger partial charge in [-0.05, 0) is 19.8 Å². The number of nitrogens with one attached hydrogen (secondary N) is 3. The Bertz CT molecular complexity index is 598. The van der Waals surface area contributed by atoms with Gasteiger partial charge in [0.05, 0.1) is 30.5 Å². The van der Waals surface area contributed by atoms with Gasteiger partial charge in [-0.2, -0.15) is 5.10 Å². The Kier molecular flexibility index (Phi) is 3.41. The Morgan fingerprint density at radius 3 is 3.10 bits per heavy atom. The summed E-state index contributed by atoms with van der Waals surface area (Å²) in [6.07, 6.45) is 7.42. The van der Waals surface area contributed by atoms with Gasteiger partial charge in [0.2, 0.25) is 5.91 Å². The number of carbonyl (C=O) groups excluding carboxylic acids is 1. The lowest BCUT2D eigenvalue weighted by Crippen LogP contribution is -2.29. The summed E-state index contributed by atoms with van der Waals surface area (Å²) in [5.41, 5.74) is 2.91. The topological polar surface area (TPSA) is 87.6 Å². The van der Waals surface area contributed by atoms with E-state index in [-0.39, 0.29) is 12.5 Å². The van der Waals surface area contributed by atoms with E-state index in [1.807, 2.05) is 13.1 Å². The summed E-state index contributed by atoms with van der Waals surface area (Å²) in [5.74, 6) is 0.0188. The molecule has 0 saturated heterocycles. The standard InChI is InChI=1S/C13H18N6O/c1-9-12(16-8-15-9)5-14-11-4-17-19(6-11)7-13(20)18-10-2-3-10/h4,6,8,10,14H,2-3,5,7H2,1H3,(H,15,16)(H,18,20). The van der Waals surface area contributed by atoms with Gasteiger partial charge in [0.25, 0.3) is 0 Å². The summed E-state index contributed by atoms with van der Waals surface area (Å²) in [7, 11) is 0. The van der Waals surface area contributed by atoms with Gasteiger partial charge >= 0.3 is 0 Å². The third-order valence-electron chi connectivity index (χ3n) is 3.28. The SMILES string of the molecule is Cc1[nH]cnc1CNc1cnn(CC(=O)NC2CC2)c1. The van der Waals surface area contributed by atoms with E-state index in [4.69, 9.17) is 0 Å². The molecule has 0 radical (unpaired) electrons. The van der Waals surface area contributed by atoms with Crippen LogP contribution in [-0.4, -0.2) is 31.7 Å². The normalized spacial score (nSPS) is 14.2. The summed E-state index contributed by atoms with van der Waals surface area (Å²) < 4.78 is 1.64. The number of hydrogen-bond acceptors (Lipinski definition) is 4. The molecule has 7 heteroatoms. The van der Waals surface area contributed by atoms with E-state index >= 15 is 0 Å². The molecule has 0 spiro atoms. The van der Waals surface area contributed by atoms with Gasteiger partial charge in [-0.1, -0.05) is 0 Å². The highest BCUT2D eigenvalue weighted by molar-refractivity contribution is 5.76. The smallest absolute Gasteiger partial charge is 0.241 e. The number of H-pyrrole nitrogens is 1. The average molecular weight is 274 g/mol. The molecule has 3 N–H and O–H groups in total. The summed E-state index contributed by atoms with van der Waals surface area (Å²) in [5, 5.41) is 10.3. The van der Waals surface area contributed by atoms with Crippen molar-refractivity contribution in [2.75, 3.05) is 5.32 Å². The number of amides is 1. The molecule has 3 rings (SSSR count). The van der Waals surface area contributed by atoms with Gasteiger partial charge in [0, 0.05) is 17.9 Å². The van der Waals surface area contributed by atoms with Crippen molar-refractivity contribution in [1.29, 1.82) is 0 Å². The van der Waals surface area contributed by atoms with Crippen LogP contribution in [0.5, 0.6) is 0 Å². The van der Waals surface area contributed by atoms with E-state index in [9.17, 15) is 4.79 Å². The molecule has 20 heavy (non-hydrogen) atoms. The molecule has 1 aliphatic rings. The molecule has 2 aromatic rings. The number of anilines is 1. The Morgan fingerprint density at radius 1 is 1.55 bits per heavy atom. The van der Waals surface area contributed by atoms with E-state index < -0.39 is 0 Å². The van der Waals surface area contributed by atoms with E-state index in [0.29, 0.717) is 12.6 Å².